The molecule has 17 heavy (non-hydrogen) atoms. The van der Waals surface area contributed by atoms with Crippen LogP contribution in [0, 0.1) is 0 Å². The van der Waals surface area contributed by atoms with Crippen LogP contribution in [0.25, 0.3) is 0 Å². The minimum atomic E-state index is -4.69. The number of alkyl halides is 6. The molecule has 9 heteroatoms. The van der Waals surface area contributed by atoms with Gasteiger partial charge >= 0.3 is 6.18 Å². The standard InChI is InChI=1S/C8H9Cl3F3N3/c1-2-3-4-17-6(7(9,10)11)5(15-16-17)8(12,13)14/h2-4H2,1H3. The van der Waals surface area contributed by atoms with Crippen molar-refractivity contribution in [2.45, 2.75) is 36.3 Å². The zero-order valence-corrected chi connectivity index (χ0v) is 11.0. The monoisotopic (exact) mass is 309 g/mol. The number of hydrogen-bond acceptors (Lipinski definition) is 2. The molecule has 0 amide bonds. The van der Waals surface area contributed by atoms with Crippen molar-refractivity contribution in [3.05, 3.63) is 11.4 Å². The zero-order chi connectivity index (χ0) is 13.3. The van der Waals surface area contributed by atoms with Crippen molar-refractivity contribution >= 4 is 34.8 Å². The van der Waals surface area contributed by atoms with Crippen LogP contribution < -0.4 is 0 Å². The van der Waals surface area contributed by atoms with Gasteiger partial charge in [-0.25, -0.2) is 4.68 Å². The first kappa shape index (κ1) is 14.9. The topological polar surface area (TPSA) is 30.7 Å². The number of halogens is 6. The molecule has 1 rings (SSSR count). The Hall–Kier alpha value is -0.200. The maximum atomic E-state index is 12.6. The van der Waals surface area contributed by atoms with Gasteiger partial charge in [-0.05, 0) is 6.42 Å². The maximum Gasteiger partial charge on any atom is 0.437 e. The third-order valence-electron chi connectivity index (χ3n) is 2.00. The summed E-state index contributed by atoms with van der Waals surface area (Å²) in [6.45, 7) is 2.11. The van der Waals surface area contributed by atoms with Crippen LogP contribution in [0.15, 0.2) is 0 Å². The molecule has 0 aliphatic rings. The molecule has 0 aliphatic carbocycles. The van der Waals surface area contributed by atoms with Crippen LogP contribution in [-0.4, -0.2) is 15.0 Å². The van der Waals surface area contributed by atoms with Crippen molar-refractivity contribution < 1.29 is 13.2 Å². The fraction of sp³-hybridized carbons (Fsp3) is 0.750. The fourth-order valence-electron chi connectivity index (χ4n) is 1.25. The Morgan fingerprint density at radius 1 is 1.24 bits per heavy atom. The highest BCUT2D eigenvalue weighted by Crippen LogP contribution is 2.43. The number of nitrogens with zero attached hydrogens (tertiary/aromatic N) is 3. The van der Waals surface area contributed by atoms with Gasteiger partial charge in [0, 0.05) is 6.54 Å². The normalized spacial score (nSPS) is 13.1. The van der Waals surface area contributed by atoms with Crippen LogP contribution in [0.4, 0.5) is 13.2 Å². The summed E-state index contributed by atoms with van der Waals surface area (Å²) in [5.41, 5.74) is -1.79. The third kappa shape index (κ3) is 3.63. The average molecular weight is 311 g/mol. The van der Waals surface area contributed by atoms with E-state index in [-0.39, 0.29) is 6.54 Å². The van der Waals surface area contributed by atoms with Gasteiger partial charge in [0.15, 0.2) is 5.69 Å². The number of hydrogen-bond donors (Lipinski definition) is 0. The molecule has 0 saturated carbocycles. The molecule has 0 radical (unpaired) electrons. The Balaban J connectivity index is 3.21. The van der Waals surface area contributed by atoms with Crippen molar-refractivity contribution in [2.24, 2.45) is 0 Å². The molecule has 0 unspecified atom stereocenters. The molecule has 0 atom stereocenters. The van der Waals surface area contributed by atoms with E-state index in [4.69, 9.17) is 34.8 Å². The highest BCUT2D eigenvalue weighted by molar-refractivity contribution is 6.66. The van der Waals surface area contributed by atoms with Gasteiger partial charge in [0.05, 0.1) is 0 Å². The number of aromatic nitrogens is 3. The first-order chi connectivity index (χ1) is 7.68. The lowest BCUT2D eigenvalue weighted by Gasteiger charge is -2.15. The Kier molecular flexibility index (Phi) is 4.54. The summed E-state index contributed by atoms with van der Waals surface area (Å²) in [7, 11) is 0. The van der Waals surface area contributed by atoms with Crippen LogP contribution in [0.5, 0.6) is 0 Å². The van der Waals surface area contributed by atoms with Gasteiger partial charge in [0.25, 0.3) is 0 Å². The maximum absolute atomic E-state index is 12.6. The quantitative estimate of drug-likeness (QED) is 0.792. The van der Waals surface area contributed by atoms with E-state index in [1.807, 2.05) is 6.92 Å². The molecule has 0 aliphatic heterocycles. The van der Waals surface area contributed by atoms with Crippen LogP contribution in [0.1, 0.15) is 31.2 Å². The summed E-state index contributed by atoms with van der Waals surface area (Å²) in [5.74, 6) is 0. The Labute approximate surface area is 111 Å². The molecule has 3 nitrogen and oxygen atoms in total. The van der Waals surface area contributed by atoms with Gasteiger partial charge in [-0.1, -0.05) is 53.4 Å². The van der Waals surface area contributed by atoms with Crippen molar-refractivity contribution in [3.63, 3.8) is 0 Å². The second kappa shape index (κ2) is 5.20. The van der Waals surface area contributed by atoms with Gasteiger partial charge in [0.2, 0.25) is 3.79 Å². The fourth-order valence-corrected chi connectivity index (χ4v) is 1.81. The second-order valence-corrected chi connectivity index (χ2v) is 5.64. The lowest BCUT2D eigenvalue weighted by molar-refractivity contribution is -0.141. The van der Waals surface area contributed by atoms with Gasteiger partial charge in [0.1, 0.15) is 5.69 Å². The predicted octanol–water partition coefficient (Wildman–Crippen LogP) is 3.92. The predicted molar refractivity (Wildman–Crippen MR) is 59.2 cm³/mol. The molecular formula is C8H9Cl3F3N3. The molecule has 1 heterocycles. The molecule has 98 valence electrons. The number of aryl methyl sites for hydroxylation is 1. The van der Waals surface area contributed by atoms with Crippen LogP contribution in [0.3, 0.4) is 0 Å². The first-order valence-corrected chi connectivity index (χ1v) is 5.89. The van der Waals surface area contributed by atoms with E-state index in [2.05, 4.69) is 10.3 Å². The summed E-state index contributed by atoms with van der Waals surface area (Å²) in [4.78, 5) is 0. The van der Waals surface area contributed by atoms with E-state index < -0.39 is 21.4 Å². The van der Waals surface area contributed by atoms with Crippen molar-refractivity contribution in [2.75, 3.05) is 0 Å². The van der Waals surface area contributed by atoms with Crippen LogP contribution in [0.2, 0.25) is 0 Å². The average Bonchev–Trinajstić information content (AvgIpc) is 2.56. The molecule has 0 bridgehead atoms. The Morgan fingerprint density at radius 3 is 2.24 bits per heavy atom. The molecular weight excluding hydrogens is 301 g/mol. The second-order valence-electron chi connectivity index (χ2n) is 3.36. The summed E-state index contributed by atoms with van der Waals surface area (Å²) < 4.78 is 36.6. The molecule has 0 aromatic carbocycles. The molecule has 0 N–H and O–H groups in total. The van der Waals surface area contributed by atoms with E-state index in [1.165, 1.54) is 0 Å². The van der Waals surface area contributed by atoms with E-state index in [1.54, 1.807) is 0 Å². The smallest absolute Gasteiger partial charge is 0.244 e. The van der Waals surface area contributed by atoms with Crippen LogP contribution >= 0.6 is 34.8 Å². The van der Waals surface area contributed by atoms with Gasteiger partial charge < -0.3 is 0 Å². The molecule has 1 aromatic heterocycles. The van der Waals surface area contributed by atoms with E-state index in [0.717, 1.165) is 11.1 Å². The van der Waals surface area contributed by atoms with Crippen molar-refractivity contribution in [1.29, 1.82) is 0 Å². The first-order valence-electron chi connectivity index (χ1n) is 4.75. The van der Waals surface area contributed by atoms with E-state index in [9.17, 15) is 13.2 Å². The largest absolute Gasteiger partial charge is 0.437 e. The minimum Gasteiger partial charge on any atom is -0.244 e. The lowest BCUT2D eigenvalue weighted by atomic mass is 10.3. The number of unbranched alkanes of at least 4 members (excludes halogenated alkanes) is 1. The Morgan fingerprint density at radius 2 is 1.82 bits per heavy atom. The van der Waals surface area contributed by atoms with Gasteiger partial charge in [-0.15, -0.1) is 5.10 Å². The molecule has 0 fully saturated rings. The summed E-state index contributed by atoms with van der Waals surface area (Å²) >= 11 is 16.6. The zero-order valence-electron chi connectivity index (χ0n) is 8.73. The van der Waals surface area contributed by atoms with E-state index in [0.29, 0.717) is 6.42 Å². The van der Waals surface area contributed by atoms with E-state index >= 15 is 0 Å². The molecule has 0 saturated heterocycles. The lowest BCUT2D eigenvalue weighted by Crippen LogP contribution is -2.18. The SMILES string of the molecule is CCCCn1nnc(C(F)(F)F)c1C(Cl)(Cl)Cl. The summed E-state index contributed by atoms with van der Waals surface area (Å²) in [5, 5.41) is 6.42. The number of rotatable bonds is 3. The van der Waals surface area contributed by atoms with Crippen molar-refractivity contribution in [1.82, 2.24) is 15.0 Å². The Bertz CT molecular complexity index is 384. The highest BCUT2D eigenvalue weighted by Gasteiger charge is 2.44. The minimum absolute atomic E-state index is 0.225. The third-order valence-corrected chi connectivity index (χ3v) is 2.53. The van der Waals surface area contributed by atoms with Gasteiger partial charge in [-0.2, -0.15) is 13.2 Å². The van der Waals surface area contributed by atoms with Crippen molar-refractivity contribution in [3.8, 4) is 0 Å². The summed E-state index contributed by atoms with van der Waals surface area (Å²) in [6, 6.07) is 0. The summed E-state index contributed by atoms with van der Waals surface area (Å²) in [6.07, 6.45) is -3.29. The van der Waals surface area contributed by atoms with Crippen LogP contribution in [-0.2, 0) is 16.5 Å². The van der Waals surface area contributed by atoms with Gasteiger partial charge in [-0.3, -0.25) is 0 Å². The highest BCUT2D eigenvalue weighted by atomic mass is 35.6. The molecule has 1 aromatic rings. The molecule has 0 spiro atoms.